The number of allylic oxidation sites excluding steroid dienone is 1. The summed E-state index contributed by atoms with van der Waals surface area (Å²) >= 11 is 0. The highest BCUT2D eigenvalue weighted by Crippen LogP contribution is 2.36. The average Bonchev–Trinajstić information content (AvgIpc) is 3.23. The Balaban J connectivity index is 1.60. The van der Waals surface area contributed by atoms with Crippen LogP contribution in [-0.2, 0) is 4.79 Å². The highest BCUT2D eigenvalue weighted by molar-refractivity contribution is 6.06. The molecule has 4 aromatic rings. The molecule has 7 heteroatoms. The van der Waals surface area contributed by atoms with Crippen LogP contribution in [0.15, 0.2) is 96.5 Å². The molecule has 0 radical (unpaired) electrons. The van der Waals surface area contributed by atoms with Crippen LogP contribution >= 0.6 is 0 Å². The van der Waals surface area contributed by atoms with Crippen LogP contribution in [0.4, 0.5) is 11.6 Å². The number of nitrogens with zero attached hydrogens (tertiary/aromatic N) is 4. The fraction of sp³-hybridized carbons (Fsp3) is 0.0833. The molecule has 0 fully saturated rings. The van der Waals surface area contributed by atoms with Crippen molar-refractivity contribution in [3.8, 4) is 11.4 Å². The van der Waals surface area contributed by atoms with Gasteiger partial charge in [-0.25, -0.2) is 4.68 Å². The number of carbonyl (C=O) groups excluding carboxylic acids is 1. The molecule has 2 N–H and O–H groups in total. The topological polar surface area (TPSA) is 84.7 Å². The van der Waals surface area contributed by atoms with Gasteiger partial charge in [0, 0.05) is 29.3 Å². The van der Waals surface area contributed by atoms with Crippen molar-refractivity contribution >= 4 is 17.5 Å². The summed E-state index contributed by atoms with van der Waals surface area (Å²) < 4.78 is 1.77. The Kier molecular flexibility index (Phi) is 4.76. The van der Waals surface area contributed by atoms with Gasteiger partial charge < -0.3 is 10.6 Å². The third-order valence-electron chi connectivity index (χ3n) is 5.16. The number of benzene rings is 2. The molecule has 1 unspecified atom stereocenters. The minimum Gasteiger partial charge on any atom is -0.328 e. The normalized spacial score (nSPS) is 15.2. The van der Waals surface area contributed by atoms with Gasteiger partial charge >= 0.3 is 0 Å². The van der Waals surface area contributed by atoms with Gasteiger partial charge in [0.25, 0.3) is 5.91 Å². The SMILES string of the molecule is CC1=C(C(=O)Nc2ccccc2)C(c2ccccc2)n2nc(-c3cccnc3)nc2N1. The molecule has 152 valence electrons. The first-order valence-corrected chi connectivity index (χ1v) is 9.97. The van der Waals surface area contributed by atoms with Crippen LogP contribution in [0.2, 0.25) is 0 Å². The van der Waals surface area contributed by atoms with Gasteiger partial charge in [0.2, 0.25) is 5.95 Å². The van der Waals surface area contributed by atoms with Crippen LogP contribution in [-0.4, -0.2) is 25.7 Å². The van der Waals surface area contributed by atoms with Gasteiger partial charge in [-0.05, 0) is 36.8 Å². The van der Waals surface area contributed by atoms with E-state index in [-0.39, 0.29) is 5.91 Å². The quantitative estimate of drug-likeness (QED) is 0.527. The fourth-order valence-corrected chi connectivity index (χ4v) is 3.73. The maximum atomic E-state index is 13.4. The number of fused-ring (bicyclic) bond motifs is 1. The van der Waals surface area contributed by atoms with Gasteiger partial charge in [-0.1, -0.05) is 48.5 Å². The number of anilines is 2. The molecule has 1 aliphatic heterocycles. The molecule has 0 bridgehead atoms. The van der Waals surface area contributed by atoms with E-state index >= 15 is 0 Å². The first-order chi connectivity index (χ1) is 15.2. The van der Waals surface area contributed by atoms with Gasteiger partial charge in [0.1, 0.15) is 6.04 Å². The smallest absolute Gasteiger partial charge is 0.255 e. The van der Waals surface area contributed by atoms with Crippen molar-refractivity contribution < 1.29 is 4.79 Å². The molecule has 1 aliphatic rings. The largest absolute Gasteiger partial charge is 0.328 e. The number of rotatable bonds is 4. The first-order valence-electron chi connectivity index (χ1n) is 9.97. The van der Waals surface area contributed by atoms with Crippen molar-refractivity contribution in [2.75, 3.05) is 10.6 Å². The second kappa shape index (κ2) is 7.87. The molecule has 3 heterocycles. The molecule has 2 aromatic carbocycles. The van der Waals surface area contributed by atoms with Crippen LogP contribution in [0.5, 0.6) is 0 Å². The van der Waals surface area contributed by atoms with Gasteiger partial charge in [0.15, 0.2) is 5.82 Å². The zero-order valence-electron chi connectivity index (χ0n) is 16.9. The molecular weight excluding hydrogens is 388 g/mol. The van der Waals surface area contributed by atoms with Crippen LogP contribution in [0.25, 0.3) is 11.4 Å². The van der Waals surface area contributed by atoms with Crippen molar-refractivity contribution in [3.05, 3.63) is 102 Å². The van der Waals surface area contributed by atoms with Gasteiger partial charge in [-0.3, -0.25) is 9.78 Å². The molecule has 1 atom stereocenters. The first kappa shape index (κ1) is 18.7. The van der Waals surface area contributed by atoms with E-state index in [9.17, 15) is 4.79 Å². The minimum absolute atomic E-state index is 0.186. The number of hydrogen-bond donors (Lipinski definition) is 2. The summed E-state index contributed by atoms with van der Waals surface area (Å²) in [5, 5.41) is 11.0. The molecule has 31 heavy (non-hydrogen) atoms. The zero-order valence-corrected chi connectivity index (χ0v) is 16.9. The Labute approximate surface area is 179 Å². The van der Waals surface area contributed by atoms with E-state index in [0.717, 1.165) is 22.5 Å². The lowest BCUT2D eigenvalue weighted by atomic mass is 9.95. The highest BCUT2D eigenvalue weighted by atomic mass is 16.1. The van der Waals surface area contributed by atoms with Crippen LogP contribution in [0.3, 0.4) is 0 Å². The summed E-state index contributed by atoms with van der Waals surface area (Å²) in [6.45, 7) is 1.89. The summed E-state index contributed by atoms with van der Waals surface area (Å²) in [5.74, 6) is 0.949. The van der Waals surface area contributed by atoms with Gasteiger partial charge in [-0.2, -0.15) is 4.98 Å². The van der Waals surface area contributed by atoms with Crippen LogP contribution in [0.1, 0.15) is 18.5 Å². The summed E-state index contributed by atoms with van der Waals surface area (Å²) in [6, 6.07) is 22.6. The molecule has 7 nitrogen and oxygen atoms in total. The lowest BCUT2D eigenvalue weighted by molar-refractivity contribution is -0.113. The second-order valence-corrected chi connectivity index (χ2v) is 7.24. The van der Waals surface area contributed by atoms with Crippen LogP contribution < -0.4 is 10.6 Å². The number of pyridine rings is 1. The van der Waals surface area contributed by atoms with E-state index in [2.05, 4.69) is 20.6 Å². The Morgan fingerprint density at radius 2 is 1.74 bits per heavy atom. The molecule has 0 aliphatic carbocycles. The lowest BCUT2D eigenvalue weighted by Crippen LogP contribution is -2.31. The fourth-order valence-electron chi connectivity index (χ4n) is 3.73. The number of aromatic nitrogens is 4. The van der Waals surface area contributed by atoms with Crippen molar-refractivity contribution in [2.45, 2.75) is 13.0 Å². The van der Waals surface area contributed by atoms with Crippen molar-refractivity contribution in [1.29, 1.82) is 0 Å². The zero-order chi connectivity index (χ0) is 21.2. The Hall–Kier alpha value is -4.26. The summed E-state index contributed by atoms with van der Waals surface area (Å²) in [7, 11) is 0. The number of nitrogens with one attached hydrogen (secondary N) is 2. The third kappa shape index (κ3) is 3.57. The van der Waals surface area contributed by atoms with E-state index < -0.39 is 6.04 Å². The lowest BCUT2D eigenvalue weighted by Gasteiger charge is -2.28. The molecule has 0 spiro atoms. The second-order valence-electron chi connectivity index (χ2n) is 7.24. The molecule has 0 saturated heterocycles. The Bertz CT molecular complexity index is 1250. The van der Waals surface area contributed by atoms with Gasteiger partial charge in [0.05, 0.1) is 5.57 Å². The number of para-hydroxylation sites is 1. The van der Waals surface area contributed by atoms with Crippen molar-refractivity contribution in [3.63, 3.8) is 0 Å². The highest BCUT2D eigenvalue weighted by Gasteiger charge is 2.34. The number of hydrogen-bond acceptors (Lipinski definition) is 5. The van der Waals surface area contributed by atoms with E-state index in [0.29, 0.717) is 17.3 Å². The van der Waals surface area contributed by atoms with Gasteiger partial charge in [-0.15, -0.1) is 5.10 Å². The predicted molar refractivity (Wildman–Crippen MR) is 119 cm³/mol. The van der Waals surface area contributed by atoms with E-state index in [1.54, 1.807) is 17.1 Å². The van der Waals surface area contributed by atoms with E-state index in [1.165, 1.54) is 0 Å². The summed E-state index contributed by atoms with van der Waals surface area (Å²) in [4.78, 5) is 22.2. The standard InChI is InChI=1S/C24H20N6O/c1-16-20(23(31)27-19-12-6-3-7-13-19)21(17-9-4-2-5-10-17)30-24(26-16)28-22(29-30)18-11-8-14-25-15-18/h2-15,21H,1H3,(H,27,31)(H,26,28,29). The maximum absolute atomic E-state index is 13.4. The molecule has 1 amide bonds. The molecule has 2 aromatic heterocycles. The molecule has 5 rings (SSSR count). The monoisotopic (exact) mass is 408 g/mol. The third-order valence-corrected chi connectivity index (χ3v) is 5.16. The maximum Gasteiger partial charge on any atom is 0.255 e. The number of amides is 1. The predicted octanol–water partition coefficient (Wildman–Crippen LogP) is 4.27. The minimum atomic E-state index is -0.418. The van der Waals surface area contributed by atoms with E-state index in [4.69, 9.17) is 5.10 Å². The molecule has 0 saturated carbocycles. The molecular formula is C24H20N6O. The summed E-state index contributed by atoms with van der Waals surface area (Å²) in [6.07, 6.45) is 3.43. The Morgan fingerprint density at radius 3 is 2.45 bits per heavy atom. The number of carbonyl (C=O) groups is 1. The van der Waals surface area contributed by atoms with E-state index in [1.807, 2.05) is 79.7 Å². The average molecular weight is 408 g/mol. The van der Waals surface area contributed by atoms with Crippen molar-refractivity contribution in [1.82, 2.24) is 19.7 Å². The van der Waals surface area contributed by atoms with Crippen molar-refractivity contribution in [2.24, 2.45) is 0 Å². The summed E-state index contributed by atoms with van der Waals surface area (Å²) in [5.41, 5.74) is 3.82. The van der Waals surface area contributed by atoms with Crippen LogP contribution in [0, 0.1) is 0 Å². The Morgan fingerprint density at radius 1 is 1.00 bits per heavy atom.